The summed E-state index contributed by atoms with van der Waals surface area (Å²) in [6.07, 6.45) is 6.45. The van der Waals surface area contributed by atoms with Gasteiger partial charge in [0, 0.05) is 31.3 Å². The molecule has 0 fully saturated rings. The normalized spacial score (nSPS) is 10.7. The lowest BCUT2D eigenvalue weighted by atomic mass is 10.3. The molecule has 17 heavy (non-hydrogen) atoms. The maximum absolute atomic E-state index is 5.78. The zero-order valence-electron chi connectivity index (χ0n) is 10.2. The van der Waals surface area contributed by atoms with Crippen molar-refractivity contribution in [2.45, 2.75) is 33.1 Å². The standard InChI is InChI=1S/C12H17N5/c1-3-5-11-14-6-7-17(11)12-8-9(13)15-10(4-2)16-12/h6-8H,3-5H2,1-2H3,(H2,13,15,16). The topological polar surface area (TPSA) is 69.6 Å². The molecule has 2 rings (SSSR count). The predicted octanol–water partition coefficient (Wildman–Crippen LogP) is 1.76. The van der Waals surface area contributed by atoms with Crippen molar-refractivity contribution in [1.29, 1.82) is 0 Å². The fourth-order valence-electron chi connectivity index (χ4n) is 1.74. The number of aromatic nitrogens is 4. The summed E-state index contributed by atoms with van der Waals surface area (Å²) in [6, 6.07) is 1.78. The van der Waals surface area contributed by atoms with Gasteiger partial charge >= 0.3 is 0 Å². The lowest BCUT2D eigenvalue weighted by Gasteiger charge is -2.08. The predicted molar refractivity (Wildman–Crippen MR) is 66.9 cm³/mol. The third-order valence-corrected chi connectivity index (χ3v) is 2.53. The van der Waals surface area contributed by atoms with E-state index in [0.29, 0.717) is 5.82 Å². The molecule has 0 saturated carbocycles. The van der Waals surface area contributed by atoms with Crippen LogP contribution in [0.15, 0.2) is 18.5 Å². The highest BCUT2D eigenvalue weighted by atomic mass is 15.1. The molecule has 0 aromatic carbocycles. The highest BCUT2D eigenvalue weighted by Gasteiger charge is 2.07. The second-order valence-corrected chi connectivity index (χ2v) is 3.88. The molecule has 0 bridgehead atoms. The highest BCUT2D eigenvalue weighted by molar-refractivity contribution is 5.38. The van der Waals surface area contributed by atoms with Crippen LogP contribution in [0.1, 0.15) is 31.9 Å². The van der Waals surface area contributed by atoms with Gasteiger partial charge in [-0.05, 0) is 6.42 Å². The van der Waals surface area contributed by atoms with Crippen molar-refractivity contribution in [1.82, 2.24) is 19.5 Å². The van der Waals surface area contributed by atoms with Crippen molar-refractivity contribution in [3.8, 4) is 5.82 Å². The molecular weight excluding hydrogens is 214 g/mol. The van der Waals surface area contributed by atoms with Crippen LogP contribution in [-0.4, -0.2) is 19.5 Å². The maximum Gasteiger partial charge on any atom is 0.143 e. The summed E-state index contributed by atoms with van der Waals surface area (Å²) < 4.78 is 1.97. The molecule has 0 unspecified atom stereocenters. The summed E-state index contributed by atoms with van der Waals surface area (Å²) in [5, 5.41) is 0. The Labute approximate surface area is 101 Å². The Morgan fingerprint density at radius 3 is 2.82 bits per heavy atom. The molecule has 0 radical (unpaired) electrons. The van der Waals surface area contributed by atoms with Gasteiger partial charge in [0.2, 0.25) is 0 Å². The zero-order valence-corrected chi connectivity index (χ0v) is 10.2. The van der Waals surface area contributed by atoms with Crippen LogP contribution in [0.5, 0.6) is 0 Å². The molecule has 0 aliphatic rings. The number of aryl methyl sites for hydroxylation is 2. The van der Waals surface area contributed by atoms with E-state index in [1.165, 1.54) is 0 Å². The average Bonchev–Trinajstić information content (AvgIpc) is 2.77. The Balaban J connectivity index is 2.44. The summed E-state index contributed by atoms with van der Waals surface area (Å²) in [6.45, 7) is 4.14. The SMILES string of the molecule is CCCc1nccn1-c1cc(N)nc(CC)n1. The smallest absolute Gasteiger partial charge is 0.143 e. The first-order valence-electron chi connectivity index (χ1n) is 5.90. The molecule has 90 valence electrons. The van der Waals surface area contributed by atoms with E-state index in [2.05, 4.69) is 21.9 Å². The molecule has 0 aliphatic carbocycles. The first-order valence-corrected chi connectivity index (χ1v) is 5.90. The number of hydrogen-bond acceptors (Lipinski definition) is 4. The molecule has 2 N–H and O–H groups in total. The van der Waals surface area contributed by atoms with E-state index in [1.54, 1.807) is 12.3 Å². The van der Waals surface area contributed by atoms with Crippen LogP contribution in [0.25, 0.3) is 5.82 Å². The van der Waals surface area contributed by atoms with Gasteiger partial charge in [-0.15, -0.1) is 0 Å². The molecule has 0 atom stereocenters. The molecule has 2 aromatic rings. The Bertz CT molecular complexity index is 503. The minimum Gasteiger partial charge on any atom is -0.384 e. The molecule has 0 amide bonds. The number of rotatable bonds is 4. The van der Waals surface area contributed by atoms with Crippen molar-refractivity contribution in [3.05, 3.63) is 30.1 Å². The summed E-state index contributed by atoms with van der Waals surface area (Å²) in [5.41, 5.74) is 5.78. The molecular formula is C12H17N5. The van der Waals surface area contributed by atoms with E-state index in [1.807, 2.05) is 17.7 Å². The van der Waals surface area contributed by atoms with Crippen molar-refractivity contribution in [3.63, 3.8) is 0 Å². The number of nitrogen functional groups attached to an aromatic ring is 1. The fraction of sp³-hybridized carbons (Fsp3) is 0.417. The van der Waals surface area contributed by atoms with Crippen molar-refractivity contribution >= 4 is 5.82 Å². The van der Waals surface area contributed by atoms with E-state index in [9.17, 15) is 0 Å². The Morgan fingerprint density at radius 2 is 2.12 bits per heavy atom. The Hall–Kier alpha value is -1.91. The number of anilines is 1. The molecule has 5 heteroatoms. The van der Waals surface area contributed by atoms with Gasteiger partial charge in [-0.1, -0.05) is 13.8 Å². The van der Waals surface area contributed by atoms with Gasteiger partial charge in [-0.2, -0.15) is 0 Å². The first kappa shape index (κ1) is 11.6. The molecule has 2 aromatic heterocycles. The lowest BCUT2D eigenvalue weighted by molar-refractivity contribution is 0.788. The van der Waals surface area contributed by atoms with Crippen LogP contribution in [-0.2, 0) is 12.8 Å². The molecule has 0 saturated heterocycles. The van der Waals surface area contributed by atoms with Crippen molar-refractivity contribution in [2.75, 3.05) is 5.73 Å². The molecule has 0 spiro atoms. The largest absolute Gasteiger partial charge is 0.384 e. The first-order chi connectivity index (χ1) is 8.24. The molecule has 0 aliphatic heterocycles. The van der Waals surface area contributed by atoms with Crippen molar-refractivity contribution < 1.29 is 0 Å². The van der Waals surface area contributed by atoms with Gasteiger partial charge < -0.3 is 5.73 Å². The molecule has 5 nitrogen and oxygen atoms in total. The number of nitrogens with zero attached hydrogens (tertiary/aromatic N) is 4. The van der Waals surface area contributed by atoms with Crippen LogP contribution in [0.2, 0.25) is 0 Å². The lowest BCUT2D eigenvalue weighted by Crippen LogP contribution is -2.07. The minimum atomic E-state index is 0.503. The van der Waals surface area contributed by atoms with E-state index < -0.39 is 0 Å². The van der Waals surface area contributed by atoms with Gasteiger partial charge in [0.1, 0.15) is 23.3 Å². The summed E-state index contributed by atoms with van der Waals surface area (Å²) in [4.78, 5) is 13.0. The average molecular weight is 231 g/mol. The van der Waals surface area contributed by atoms with E-state index >= 15 is 0 Å². The van der Waals surface area contributed by atoms with Crippen LogP contribution in [0.4, 0.5) is 5.82 Å². The maximum atomic E-state index is 5.78. The zero-order chi connectivity index (χ0) is 12.3. The van der Waals surface area contributed by atoms with E-state index in [-0.39, 0.29) is 0 Å². The van der Waals surface area contributed by atoms with Gasteiger partial charge in [0.25, 0.3) is 0 Å². The minimum absolute atomic E-state index is 0.503. The van der Waals surface area contributed by atoms with Crippen molar-refractivity contribution in [2.24, 2.45) is 0 Å². The summed E-state index contributed by atoms with van der Waals surface area (Å²) in [7, 11) is 0. The second-order valence-electron chi connectivity index (χ2n) is 3.88. The Morgan fingerprint density at radius 1 is 1.29 bits per heavy atom. The van der Waals surface area contributed by atoms with Gasteiger partial charge in [0.05, 0.1) is 0 Å². The fourth-order valence-corrected chi connectivity index (χ4v) is 1.74. The van der Waals surface area contributed by atoms with Gasteiger partial charge in [-0.25, -0.2) is 15.0 Å². The number of imidazole rings is 1. The third kappa shape index (κ3) is 2.43. The van der Waals surface area contributed by atoms with Crippen LogP contribution in [0.3, 0.4) is 0 Å². The third-order valence-electron chi connectivity index (χ3n) is 2.53. The highest BCUT2D eigenvalue weighted by Crippen LogP contribution is 2.12. The quantitative estimate of drug-likeness (QED) is 0.870. The monoisotopic (exact) mass is 231 g/mol. The molecule has 2 heterocycles. The number of hydrogen-bond donors (Lipinski definition) is 1. The second kappa shape index (κ2) is 4.95. The van der Waals surface area contributed by atoms with Crippen LogP contribution < -0.4 is 5.73 Å². The van der Waals surface area contributed by atoms with E-state index in [4.69, 9.17) is 5.73 Å². The van der Waals surface area contributed by atoms with E-state index in [0.717, 1.165) is 36.7 Å². The summed E-state index contributed by atoms with van der Waals surface area (Å²) >= 11 is 0. The van der Waals surface area contributed by atoms with Gasteiger partial charge in [-0.3, -0.25) is 4.57 Å². The summed E-state index contributed by atoms with van der Waals surface area (Å²) in [5.74, 6) is 3.07. The number of nitrogens with two attached hydrogens (primary N) is 1. The Kier molecular flexibility index (Phi) is 3.37. The van der Waals surface area contributed by atoms with Gasteiger partial charge in [0.15, 0.2) is 0 Å². The van der Waals surface area contributed by atoms with Crippen LogP contribution >= 0.6 is 0 Å². The van der Waals surface area contributed by atoms with Crippen LogP contribution in [0, 0.1) is 0 Å².